The third kappa shape index (κ3) is 10.2. The molecule has 2 fully saturated rings. The molecule has 2 atom stereocenters. The Morgan fingerprint density at radius 3 is 2.41 bits per heavy atom. The molecule has 1 aliphatic carbocycles. The zero-order valence-corrected chi connectivity index (χ0v) is 27.7. The number of likely N-dealkylation sites (tertiary alicyclic amines) is 1. The Labute approximate surface area is 271 Å². The monoisotopic (exact) mass is 638 g/mol. The van der Waals surface area contributed by atoms with E-state index in [4.69, 9.17) is 14.0 Å². The molecular weight excluding hydrogens is 588 g/mol. The Morgan fingerprint density at radius 1 is 1.11 bits per heavy atom. The lowest BCUT2D eigenvalue weighted by Crippen LogP contribution is -2.58. The molecule has 252 valence electrons. The van der Waals surface area contributed by atoms with E-state index < -0.39 is 17.4 Å². The molecule has 11 heteroatoms. The minimum atomic E-state index is -0.723. The van der Waals surface area contributed by atoms with Crippen LogP contribution in [0.3, 0.4) is 0 Å². The van der Waals surface area contributed by atoms with E-state index in [9.17, 15) is 19.2 Å². The maximum Gasteiger partial charge on any atom is 0.245 e. The quantitative estimate of drug-likeness (QED) is 0.221. The second kappa shape index (κ2) is 16.7. The molecule has 2 aromatic rings. The SMILES string of the molecule is COc1coc(CNC2CCN(C(=O)[C@@H](NC(=O)[C@H](CC3CCCC3)CN(C=O)OCc3ccccc3)C(C)(C)C)CC2)cc1=O. The first-order valence-electron chi connectivity index (χ1n) is 16.4. The third-order valence-corrected chi connectivity index (χ3v) is 9.06. The van der Waals surface area contributed by atoms with Crippen LogP contribution in [0.1, 0.15) is 77.0 Å². The standard InChI is InChI=1S/C35H50N4O7/c1-35(2,3)32(34(43)38-16-14-28(15-17-38)36-20-29-19-30(41)31(44-4)23-45-29)37-33(42)27(18-25-10-8-9-11-25)21-39(24-40)46-22-26-12-6-5-7-13-26/h5-7,12-13,19,23-25,27-28,32,36H,8-11,14-18,20-22H2,1-4H3,(H,37,42)/t27-,32-/m1/s1. The summed E-state index contributed by atoms with van der Waals surface area (Å²) in [7, 11) is 1.42. The summed E-state index contributed by atoms with van der Waals surface area (Å²) < 4.78 is 10.5. The lowest BCUT2D eigenvalue weighted by Gasteiger charge is -2.39. The van der Waals surface area contributed by atoms with E-state index in [0.717, 1.165) is 44.1 Å². The van der Waals surface area contributed by atoms with Crippen LogP contribution in [-0.2, 0) is 32.4 Å². The minimum absolute atomic E-state index is 0.104. The van der Waals surface area contributed by atoms with Crippen molar-refractivity contribution in [3.8, 4) is 5.75 Å². The highest BCUT2D eigenvalue weighted by Crippen LogP contribution is 2.31. The highest BCUT2D eigenvalue weighted by Gasteiger charge is 2.39. The van der Waals surface area contributed by atoms with E-state index in [2.05, 4.69) is 10.6 Å². The zero-order valence-electron chi connectivity index (χ0n) is 27.7. The van der Waals surface area contributed by atoms with Gasteiger partial charge in [0.1, 0.15) is 24.7 Å². The second-order valence-electron chi connectivity index (χ2n) is 13.6. The molecule has 0 unspecified atom stereocenters. The fraction of sp³-hybridized carbons (Fsp3) is 0.600. The van der Waals surface area contributed by atoms with Crippen LogP contribution in [0, 0.1) is 17.3 Å². The van der Waals surface area contributed by atoms with Crippen molar-refractivity contribution in [2.24, 2.45) is 17.3 Å². The molecule has 0 bridgehead atoms. The van der Waals surface area contributed by atoms with Crippen LogP contribution in [-0.4, -0.2) is 67.0 Å². The molecule has 1 saturated heterocycles. The number of nitrogens with zero attached hydrogens (tertiary/aromatic N) is 2. The Morgan fingerprint density at radius 2 is 1.80 bits per heavy atom. The first-order chi connectivity index (χ1) is 22.1. The van der Waals surface area contributed by atoms with Gasteiger partial charge in [0.05, 0.1) is 26.1 Å². The number of carbonyl (C=O) groups excluding carboxylic acids is 3. The Bertz CT molecular complexity index is 1330. The van der Waals surface area contributed by atoms with Crippen molar-refractivity contribution < 1.29 is 28.4 Å². The summed E-state index contributed by atoms with van der Waals surface area (Å²) in [6.07, 6.45) is 8.45. The maximum absolute atomic E-state index is 13.9. The summed E-state index contributed by atoms with van der Waals surface area (Å²) >= 11 is 0. The molecule has 2 heterocycles. The van der Waals surface area contributed by atoms with Gasteiger partial charge in [-0.15, -0.1) is 0 Å². The molecule has 11 nitrogen and oxygen atoms in total. The van der Waals surface area contributed by atoms with Gasteiger partial charge in [-0.3, -0.25) is 24.0 Å². The second-order valence-corrected chi connectivity index (χ2v) is 13.6. The Hall–Kier alpha value is -3.70. The number of carbonyl (C=O) groups is 3. The van der Waals surface area contributed by atoms with Crippen molar-refractivity contribution in [2.75, 3.05) is 26.7 Å². The molecule has 46 heavy (non-hydrogen) atoms. The van der Waals surface area contributed by atoms with Gasteiger partial charge in [0.2, 0.25) is 29.4 Å². The van der Waals surface area contributed by atoms with Crippen LogP contribution in [0.25, 0.3) is 0 Å². The van der Waals surface area contributed by atoms with Gasteiger partial charge in [-0.25, -0.2) is 5.06 Å². The van der Waals surface area contributed by atoms with Gasteiger partial charge in [-0.1, -0.05) is 76.8 Å². The third-order valence-electron chi connectivity index (χ3n) is 9.06. The van der Waals surface area contributed by atoms with E-state index in [-0.39, 0.29) is 42.2 Å². The molecule has 1 saturated carbocycles. The first-order valence-corrected chi connectivity index (χ1v) is 16.4. The number of hydrogen-bond donors (Lipinski definition) is 2. The molecule has 0 spiro atoms. The van der Waals surface area contributed by atoms with E-state index in [0.29, 0.717) is 44.1 Å². The van der Waals surface area contributed by atoms with Crippen molar-refractivity contribution in [2.45, 2.75) is 91.0 Å². The molecule has 0 radical (unpaired) electrons. The molecule has 3 amide bonds. The number of hydrogen-bond acceptors (Lipinski definition) is 8. The lowest BCUT2D eigenvalue weighted by molar-refractivity contribution is -0.182. The number of piperidine rings is 1. The number of ether oxygens (including phenoxy) is 1. The number of rotatable bonds is 15. The molecule has 2 N–H and O–H groups in total. The normalized spacial score (nSPS) is 17.3. The summed E-state index contributed by atoms with van der Waals surface area (Å²) in [5.74, 6) is 0.249. The maximum atomic E-state index is 13.9. The number of benzene rings is 1. The predicted molar refractivity (Wildman–Crippen MR) is 173 cm³/mol. The summed E-state index contributed by atoms with van der Waals surface area (Å²) in [6, 6.07) is 10.4. The van der Waals surface area contributed by atoms with Crippen molar-refractivity contribution in [1.82, 2.24) is 20.6 Å². The largest absolute Gasteiger partial charge is 0.490 e. The van der Waals surface area contributed by atoms with Crippen LogP contribution >= 0.6 is 0 Å². The zero-order chi connectivity index (χ0) is 33.1. The van der Waals surface area contributed by atoms with Gasteiger partial charge < -0.3 is 24.7 Å². The number of hydroxylamine groups is 2. The van der Waals surface area contributed by atoms with Gasteiger partial charge in [0.25, 0.3) is 0 Å². The van der Waals surface area contributed by atoms with E-state index in [1.807, 2.05) is 56.0 Å². The van der Waals surface area contributed by atoms with Crippen molar-refractivity contribution in [1.29, 1.82) is 0 Å². The fourth-order valence-corrected chi connectivity index (χ4v) is 6.31. The van der Waals surface area contributed by atoms with Crippen LogP contribution < -0.4 is 20.8 Å². The van der Waals surface area contributed by atoms with Gasteiger partial charge in [0, 0.05) is 25.2 Å². The molecular formula is C35H50N4O7. The topological polar surface area (TPSA) is 130 Å². The summed E-state index contributed by atoms with van der Waals surface area (Å²) in [4.78, 5) is 59.5. The van der Waals surface area contributed by atoms with Crippen LogP contribution in [0.4, 0.5) is 0 Å². The number of amides is 3. The Kier molecular flexibility index (Phi) is 12.8. The van der Waals surface area contributed by atoms with Gasteiger partial charge in [0.15, 0.2) is 0 Å². The minimum Gasteiger partial charge on any atom is -0.490 e. The number of nitrogens with one attached hydrogen (secondary N) is 2. The Balaban J connectivity index is 1.35. The number of methoxy groups -OCH3 is 1. The molecule has 2 aliphatic rings. The average molecular weight is 639 g/mol. The van der Waals surface area contributed by atoms with Crippen LogP contribution in [0.5, 0.6) is 5.75 Å². The van der Waals surface area contributed by atoms with Gasteiger partial charge in [-0.05, 0) is 36.2 Å². The average Bonchev–Trinajstić information content (AvgIpc) is 3.57. The first kappa shape index (κ1) is 35.2. The fourth-order valence-electron chi connectivity index (χ4n) is 6.31. The molecule has 4 rings (SSSR count). The van der Waals surface area contributed by atoms with Crippen LogP contribution in [0.15, 0.2) is 51.9 Å². The molecule has 1 aliphatic heterocycles. The smallest absolute Gasteiger partial charge is 0.245 e. The van der Waals surface area contributed by atoms with Gasteiger partial charge >= 0.3 is 0 Å². The predicted octanol–water partition coefficient (Wildman–Crippen LogP) is 4.05. The molecule has 1 aromatic heterocycles. The molecule has 1 aromatic carbocycles. The van der Waals surface area contributed by atoms with E-state index in [1.54, 1.807) is 0 Å². The summed E-state index contributed by atoms with van der Waals surface area (Å²) in [5.41, 5.74) is 0.168. The van der Waals surface area contributed by atoms with Gasteiger partial charge in [-0.2, -0.15) is 0 Å². The summed E-state index contributed by atoms with van der Waals surface area (Å²) in [5, 5.41) is 7.75. The van der Waals surface area contributed by atoms with E-state index in [1.165, 1.54) is 24.5 Å². The van der Waals surface area contributed by atoms with Crippen molar-refractivity contribution >= 4 is 18.2 Å². The van der Waals surface area contributed by atoms with Crippen molar-refractivity contribution in [3.63, 3.8) is 0 Å². The highest BCUT2D eigenvalue weighted by atomic mass is 16.7. The van der Waals surface area contributed by atoms with E-state index >= 15 is 0 Å². The van der Waals surface area contributed by atoms with Crippen molar-refractivity contribution in [3.05, 3.63) is 64.2 Å². The van der Waals surface area contributed by atoms with Crippen LogP contribution in [0.2, 0.25) is 0 Å². The summed E-state index contributed by atoms with van der Waals surface area (Å²) in [6.45, 7) is 7.70. The lowest BCUT2D eigenvalue weighted by atomic mass is 9.84. The highest BCUT2D eigenvalue weighted by molar-refractivity contribution is 5.89.